The molecule has 1 saturated heterocycles. The molecule has 1 aromatic carbocycles. The Morgan fingerprint density at radius 2 is 2.08 bits per heavy atom. The van der Waals surface area contributed by atoms with Crippen LogP contribution in [0.3, 0.4) is 0 Å². The number of nitrogens with zero attached hydrogens (tertiary/aromatic N) is 3. The zero-order chi connectivity index (χ0) is 17.6. The molecule has 25 heavy (non-hydrogen) atoms. The predicted molar refractivity (Wildman–Crippen MR) is 97.4 cm³/mol. The number of rotatable bonds is 6. The minimum absolute atomic E-state index is 0.280. The van der Waals surface area contributed by atoms with Crippen LogP contribution in [-0.4, -0.2) is 40.1 Å². The number of methoxy groups -OCH3 is 1. The molecule has 1 aliphatic heterocycles. The van der Waals surface area contributed by atoms with E-state index >= 15 is 0 Å². The highest BCUT2D eigenvalue weighted by Gasteiger charge is 2.22. The highest BCUT2D eigenvalue weighted by molar-refractivity contribution is 5.89. The van der Waals surface area contributed by atoms with Crippen LogP contribution in [-0.2, 0) is 17.8 Å². The molecule has 0 saturated carbocycles. The zero-order valence-corrected chi connectivity index (χ0v) is 15.1. The summed E-state index contributed by atoms with van der Waals surface area (Å²) in [6.45, 7) is 5.16. The van der Waals surface area contributed by atoms with Gasteiger partial charge in [0, 0.05) is 31.5 Å². The fourth-order valence-corrected chi connectivity index (χ4v) is 3.62. The Hall–Kier alpha value is -2.14. The molecule has 0 bridgehead atoms. The summed E-state index contributed by atoms with van der Waals surface area (Å²) < 4.78 is 7.00. The van der Waals surface area contributed by atoms with Gasteiger partial charge >= 0.3 is 5.97 Å². The third-order valence-corrected chi connectivity index (χ3v) is 5.14. The van der Waals surface area contributed by atoms with Crippen LogP contribution in [0, 0.1) is 6.92 Å². The van der Waals surface area contributed by atoms with Crippen LogP contribution < -0.4 is 0 Å². The van der Waals surface area contributed by atoms with Crippen LogP contribution in [0.2, 0.25) is 0 Å². The highest BCUT2D eigenvalue weighted by Crippen LogP contribution is 2.23. The fraction of sp³-hybridized carbons (Fsp3) is 0.500. The van der Waals surface area contributed by atoms with Crippen LogP contribution >= 0.6 is 0 Å². The van der Waals surface area contributed by atoms with Gasteiger partial charge in [-0.15, -0.1) is 0 Å². The van der Waals surface area contributed by atoms with Crippen molar-refractivity contribution in [2.75, 3.05) is 13.7 Å². The molecule has 0 spiro atoms. The Balaban J connectivity index is 1.60. The van der Waals surface area contributed by atoms with E-state index in [1.54, 1.807) is 0 Å². The van der Waals surface area contributed by atoms with Crippen molar-refractivity contribution in [3.8, 4) is 0 Å². The Bertz CT molecular complexity index is 693. The average Bonchev–Trinajstić information content (AvgIpc) is 3.06. The predicted octanol–water partition coefficient (Wildman–Crippen LogP) is 3.42. The molecule has 2 heterocycles. The third-order valence-electron chi connectivity index (χ3n) is 5.14. The normalized spacial score (nSPS) is 18.2. The largest absolute Gasteiger partial charge is 0.465 e. The first-order valence-corrected chi connectivity index (χ1v) is 9.06. The summed E-state index contributed by atoms with van der Waals surface area (Å²) in [7, 11) is 1.41. The summed E-state index contributed by atoms with van der Waals surface area (Å²) >= 11 is 0. The van der Waals surface area contributed by atoms with Gasteiger partial charge in [0.1, 0.15) is 5.82 Å². The molecule has 0 aliphatic carbocycles. The lowest BCUT2D eigenvalue weighted by molar-refractivity contribution is 0.0600. The Labute approximate surface area is 149 Å². The minimum Gasteiger partial charge on any atom is -0.465 e. The molecule has 5 heteroatoms. The molecular formula is C20H27N3O2. The molecule has 1 fully saturated rings. The zero-order valence-electron chi connectivity index (χ0n) is 15.1. The number of carbonyl (C=O) groups is 1. The third kappa shape index (κ3) is 4.48. The summed E-state index contributed by atoms with van der Waals surface area (Å²) in [5.41, 5.74) is 1.86. The second-order valence-electron chi connectivity index (χ2n) is 6.77. The van der Waals surface area contributed by atoms with Crippen LogP contribution in [0.15, 0.2) is 36.7 Å². The number of piperidine rings is 1. The number of imidazole rings is 1. The lowest BCUT2D eigenvalue weighted by Crippen LogP contribution is -2.39. The van der Waals surface area contributed by atoms with E-state index in [0.29, 0.717) is 11.6 Å². The van der Waals surface area contributed by atoms with Crippen molar-refractivity contribution in [3.63, 3.8) is 0 Å². The molecule has 0 N–H and O–H groups in total. The van der Waals surface area contributed by atoms with Gasteiger partial charge in [0.15, 0.2) is 0 Å². The SMILES string of the molecule is COC(=O)c1ccc(CN2CCCCC2CCn2ccnc2C)cc1. The first kappa shape index (κ1) is 17.7. The van der Waals surface area contributed by atoms with Gasteiger partial charge in [-0.2, -0.15) is 0 Å². The van der Waals surface area contributed by atoms with Crippen molar-refractivity contribution in [1.29, 1.82) is 0 Å². The van der Waals surface area contributed by atoms with Crippen molar-refractivity contribution >= 4 is 5.97 Å². The van der Waals surface area contributed by atoms with Gasteiger partial charge in [0.25, 0.3) is 0 Å². The summed E-state index contributed by atoms with van der Waals surface area (Å²) in [5.74, 6) is 0.804. The maximum Gasteiger partial charge on any atom is 0.337 e. The van der Waals surface area contributed by atoms with Gasteiger partial charge in [-0.1, -0.05) is 18.6 Å². The number of esters is 1. The second kappa shape index (κ2) is 8.30. The number of ether oxygens (including phenoxy) is 1. The van der Waals surface area contributed by atoms with Crippen molar-refractivity contribution in [2.45, 2.75) is 51.7 Å². The Kier molecular flexibility index (Phi) is 5.87. The van der Waals surface area contributed by atoms with Gasteiger partial charge in [0.05, 0.1) is 12.7 Å². The summed E-state index contributed by atoms with van der Waals surface area (Å²) in [4.78, 5) is 18.4. The second-order valence-corrected chi connectivity index (χ2v) is 6.77. The summed E-state index contributed by atoms with van der Waals surface area (Å²) in [6, 6.07) is 8.40. The molecule has 1 aliphatic rings. The molecule has 5 nitrogen and oxygen atoms in total. The van der Waals surface area contributed by atoms with E-state index in [1.165, 1.54) is 31.9 Å². The van der Waals surface area contributed by atoms with Crippen molar-refractivity contribution < 1.29 is 9.53 Å². The molecule has 1 unspecified atom stereocenters. The monoisotopic (exact) mass is 341 g/mol. The standard InChI is InChI=1S/C20H27N3O2/c1-16-21-11-14-22(16)13-10-19-5-3-4-12-23(19)15-17-6-8-18(9-7-17)20(24)25-2/h6-9,11,14,19H,3-5,10,12-13,15H2,1-2H3. The molecule has 1 aromatic heterocycles. The lowest BCUT2D eigenvalue weighted by atomic mass is 9.98. The van der Waals surface area contributed by atoms with E-state index < -0.39 is 0 Å². The maximum absolute atomic E-state index is 11.6. The van der Waals surface area contributed by atoms with E-state index in [9.17, 15) is 4.79 Å². The first-order chi connectivity index (χ1) is 12.2. The number of likely N-dealkylation sites (tertiary alicyclic amines) is 1. The van der Waals surface area contributed by atoms with Gasteiger partial charge < -0.3 is 9.30 Å². The summed E-state index contributed by atoms with van der Waals surface area (Å²) in [6.07, 6.45) is 8.92. The van der Waals surface area contributed by atoms with Crippen LogP contribution in [0.1, 0.15) is 47.4 Å². The van der Waals surface area contributed by atoms with Crippen molar-refractivity contribution in [1.82, 2.24) is 14.5 Å². The molecule has 1 atom stereocenters. The smallest absolute Gasteiger partial charge is 0.337 e. The van der Waals surface area contributed by atoms with E-state index in [2.05, 4.69) is 27.6 Å². The molecule has 3 rings (SSSR count). The van der Waals surface area contributed by atoms with E-state index in [-0.39, 0.29) is 5.97 Å². The van der Waals surface area contributed by atoms with Gasteiger partial charge in [0.2, 0.25) is 0 Å². The molecule has 0 amide bonds. The molecule has 0 radical (unpaired) electrons. The lowest BCUT2D eigenvalue weighted by Gasteiger charge is -2.36. The maximum atomic E-state index is 11.6. The number of carbonyl (C=O) groups excluding carboxylic acids is 1. The van der Waals surface area contributed by atoms with Gasteiger partial charge in [-0.3, -0.25) is 4.90 Å². The van der Waals surface area contributed by atoms with E-state index in [0.717, 1.165) is 31.9 Å². The highest BCUT2D eigenvalue weighted by atomic mass is 16.5. The Morgan fingerprint density at radius 3 is 2.76 bits per heavy atom. The van der Waals surface area contributed by atoms with E-state index in [1.807, 2.05) is 30.5 Å². The first-order valence-electron chi connectivity index (χ1n) is 9.06. The van der Waals surface area contributed by atoms with Crippen LogP contribution in [0.5, 0.6) is 0 Å². The average molecular weight is 341 g/mol. The number of hydrogen-bond donors (Lipinski definition) is 0. The quantitative estimate of drug-likeness (QED) is 0.755. The van der Waals surface area contributed by atoms with E-state index in [4.69, 9.17) is 4.74 Å². The van der Waals surface area contributed by atoms with Crippen molar-refractivity contribution in [2.24, 2.45) is 0 Å². The number of hydrogen-bond acceptors (Lipinski definition) is 4. The summed E-state index contributed by atoms with van der Waals surface area (Å²) in [5, 5.41) is 0. The Morgan fingerprint density at radius 1 is 1.28 bits per heavy atom. The fourth-order valence-electron chi connectivity index (χ4n) is 3.62. The molecule has 2 aromatic rings. The minimum atomic E-state index is -0.280. The number of aromatic nitrogens is 2. The van der Waals surface area contributed by atoms with Crippen molar-refractivity contribution in [3.05, 3.63) is 53.6 Å². The molecule has 134 valence electrons. The van der Waals surface area contributed by atoms with Crippen LogP contribution in [0.4, 0.5) is 0 Å². The van der Waals surface area contributed by atoms with Gasteiger partial charge in [-0.05, 0) is 50.4 Å². The van der Waals surface area contributed by atoms with Gasteiger partial charge in [-0.25, -0.2) is 9.78 Å². The van der Waals surface area contributed by atoms with Crippen LogP contribution in [0.25, 0.3) is 0 Å². The number of aryl methyl sites for hydroxylation is 2. The molecular weight excluding hydrogens is 314 g/mol. The number of benzene rings is 1. The topological polar surface area (TPSA) is 47.4 Å².